The van der Waals surface area contributed by atoms with E-state index in [1.54, 1.807) is 11.7 Å². The SMILES string of the molecule is COc1ccc([C@H](C)NC(=O)c2c(C)sc3ccn(CC(C)C)c(=O)c23)cc1. The standard InChI is InChI=1S/C22H26N2O3S/c1-13(2)12-24-11-10-18-20(22(24)26)19(15(4)28-18)21(25)23-14(3)16-6-8-17(27-5)9-7-16/h6-11,13-14H,12H2,1-5H3,(H,23,25)/t14-/m0/s1. The second-order valence-electron chi connectivity index (χ2n) is 7.41. The lowest BCUT2D eigenvalue weighted by Crippen LogP contribution is -2.29. The maximum atomic E-state index is 13.1. The number of benzene rings is 1. The summed E-state index contributed by atoms with van der Waals surface area (Å²) >= 11 is 1.49. The van der Waals surface area contributed by atoms with Gasteiger partial charge in [-0.15, -0.1) is 11.3 Å². The van der Waals surface area contributed by atoms with Crippen LogP contribution in [0.2, 0.25) is 0 Å². The van der Waals surface area contributed by atoms with Crippen molar-refractivity contribution < 1.29 is 9.53 Å². The molecule has 0 saturated heterocycles. The van der Waals surface area contributed by atoms with Crippen LogP contribution in [0.4, 0.5) is 0 Å². The smallest absolute Gasteiger partial charge is 0.260 e. The van der Waals surface area contributed by atoms with Crippen LogP contribution < -0.4 is 15.6 Å². The van der Waals surface area contributed by atoms with E-state index in [0.717, 1.165) is 20.9 Å². The molecule has 0 bridgehead atoms. The third kappa shape index (κ3) is 3.97. The lowest BCUT2D eigenvalue weighted by molar-refractivity contribution is 0.0941. The maximum absolute atomic E-state index is 13.1. The number of thiophene rings is 1. The number of fused-ring (bicyclic) bond motifs is 1. The molecule has 0 fully saturated rings. The van der Waals surface area contributed by atoms with E-state index in [-0.39, 0.29) is 17.5 Å². The van der Waals surface area contributed by atoms with Crippen molar-refractivity contribution in [2.24, 2.45) is 5.92 Å². The third-order valence-electron chi connectivity index (χ3n) is 4.74. The Bertz CT molecular complexity index is 1050. The topological polar surface area (TPSA) is 60.3 Å². The fourth-order valence-electron chi connectivity index (χ4n) is 3.32. The summed E-state index contributed by atoms with van der Waals surface area (Å²) in [6, 6.07) is 9.34. The van der Waals surface area contributed by atoms with Gasteiger partial charge in [0.05, 0.1) is 24.1 Å². The van der Waals surface area contributed by atoms with Gasteiger partial charge in [0.15, 0.2) is 0 Å². The minimum Gasteiger partial charge on any atom is -0.497 e. The van der Waals surface area contributed by atoms with E-state index >= 15 is 0 Å². The van der Waals surface area contributed by atoms with E-state index in [2.05, 4.69) is 19.2 Å². The zero-order valence-electron chi connectivity index (χ0n) is 16.9. The zero-order chi connectivity index (χ0) is 20.4. The van der Waals surface area contributed by atoms with Crippen molar-refractivity contribution >= 4 is 27.3 Å². The largest absolute Gasteiger partial charge is 0.497 e. The second-order valence-corrected chi connectivity index (χ2v) is 8.66. The fourth-order valence-corrected chi connectivity index (χ4v) is 4.37. The first-order valence-corrected chi connectivity index (χ1v) is 10.2. The Kier molecular flexibility index (Phi) is 5.89. The van der Waals surface area contributed by atoms with E-state index in [0.29, 0.717) is 23.4 Å². The monoisotopic (exact) mass is 398 g/mol. The molecule has 2 heterocycles. The molecule has 5 nitrogen and oxygen atoms in total. The molecule has 1 N–H and O–H groups in total. The van der Waals surface area contributed by atoms with Crippen molar-refractivity contribution in [2.75, 3.05) is 7.11 Å². The molecule has 0 aliphatic carbocycles. The molecule has 0 unspecified atom stereocenters. The predicted octanol–water partition coefficient (Wildman–Crippen LogP) is 4.53. The minimum absolute atomic E-state index is 0.0993. The van der Waals surface area contributed by atoms with Crippen molar-refractivity contribution in [3.8, 4) is 5.75 Å². The summed E-state index contributed by atoms with van der Waals surface area (Å²) in [5.74, 6) is 0.904. The molecule has 0 spiro atoms. The van der Waals surface area contributed by atoms with Gasteiger partial charge in [-0.2, -0.15) is 0 Å². The lowest BCUT2D eigenvalue weighted by Gasteiger charge is -2.15. The third-order valence-corrected chi connectivity index (χ3v) is 5.81. The number of amides is 1. The van der Waals surface area contributed by atoms with Crippen LogP contribution in [-0.2, 0) is 6.54 Å². The molecule has 148 valence electrons. The molecular formula is C22H26N2O3S. The summed E-state index contributed by atoms with van der Waals surface area (Å²) in [6.07, 6.45) is 1.82. The van der Waals surface area contributed by atoms with Gasteiger partial charge in [0, 0.05) is 22.3 Å². The highest BCUT2D eigenvalue weighted by Crippen LogP contribution is 2.29. The molecule has 1 amide bonds. The number of hydrogen-bond donors (Lipinski definition) is 1. The van der Waals surface area contributed by atoms with Crippen molar-refractivity contribution in [3.05, 3.63) is 62.9 Å². The van der Waals surface area contributed by atoms with Gasteiger partial charge in [-0.25, -0.2) is 0 Å². The Labute approximate surface area is 169 Å². The van der Waals surface area contributed by atoms with Crippen LogP contribution in [0.25, 0.3) is 10.1 Å². The second kappa shape index (κ2) is 8.19. The van der Waals surface area contributed by atoms with Gasteiger partial charge in [0.1, 0.15) is 5.75 Å². The lowest BCUT2D eigenvalue weighted by atomic mass is 10.1. The number of pyridine rings is 1. The molecule has 1 atom stereocenters. The molecule has 1 aromatic carbocycles. The van der Waals surface area contributed by atoms with E-state index in [9.17, 15) is 9.59 Å². The van der Waals surface area contributed by atoms with Crippen LogP contribution in [0.5, 0.6) is 5.75 Å². The van der Waals surface area contributed by atoms with Crippen LogP contribution >= 0.6 is 11.3 Å². The van der Waals surface area contributed by atoms with Gasteiger partial charge in [-0.05, 0) is 43.5 Å². The number of nitrogens with one attached hydrogen (secondary N) is 1. The number of hydrogen-bond acceptors (Lipinski definition) is 4. The van der Waals surface area contributed by atoms with Crippen molar-refractivity contribution in [1.82, 2.24) is 9.88 Å². The normalized spacial score (nSPS) is 12.4. The maximum Gasteiger partial charge on any atom is 0.260 e. The Hall–Kier alpha value is -2.60. The molecule has 0 radical (unpaired) electrons. The summed E-state index contributed by atoms with van der Waals surface area (Å²) < 4.78 is 7.73. The number of carbonyl (C=O) groups excluding carboxylic acids is 1. The molecule has 0 aliphatic heterocycles. The number of aryl methyl sites for hydroxylation is 1. The summed E-state index contributed by atoms with van der Waals surface area (Å²) in [4.78, 5) is 26.9. The minimum atomic E-state index is -0.216. The summed E-state index contributed by atoms with van der Waals surface area (Å²) in [6.45, 7) is 8.59. The van der Waals surface area contributed by atoms with E-state index in [1.807, 2.05) is 50.4 Å². The molecule has 2 aromatic heterocycles. The molecule has 3 rings (SSSR count). The summed E-state index contributed by atoms with van der Waals surface area (Å²) in [7, 11) is 1.62. The van der Waals surface area contributed by atoms with Gasteiger partial charge >= 0.3 is 0 Å². The Morgan fingerprint density at radius 3 is 2.46 bits per heavy atom. The Morgan fingerprint density at radius 2 is 1.86 bits per heavy atom. The number of nitrogens with zero attached hydrogens (tertiary/aromatic N) is 1. The van der Waals surface area contributed by atoms with E-state index in [1.165, 1.54) is 11.3 Å². The number of aromatic nitrogens is 1. The van der Waals surface area contributed by atoms with Crippen LogP contribution in [0.3, 0.4) is 0 Å². The molecule has 6 heteroatoms. The fraction of sp³-hybridized carbons (Fsp3) is 0.364. The van der Waals surface area contributed by atoms with Gasteiger partial charge in [-0.1, -0.05) is 26.0 Å². The van der Waals surface area contributed by atoms with Gasteiger partial charge in [0.25, 0.3) is 11.5 Å². The van der Waals surface area contributed by atoms with Gasteiger partial charge in [-0.3, -0.25) is 9.59 Å². The molecule has 0 aliphatic rings. The summed E-state index contributed by atoms with van der Waals surface area (Å²) in [5, 5.41) is 3.55. The first kappa shape index (κ1) is 20.1. The average Bonchev–Trinajstić information content (AvgIpc) is 3.00. The molecule has 28 heavy (non-hydrogen) atoms. The van der Waals surface area contributed by atoms with Crippen molar-refractivity contribution in [2.45, 2.75) is 40.3 Å². The Morgan fingerprint density at radius 1 is 1.18 bits per heavy atom. The van der Waals surface area contributed by atoms with Crippen molar-refractivity contribution in [3.63, 3.8) is 0 Å². The summed E-state index contributed by atoms with van der Waals surface area (Å²) in [5.41, 5.74) is 1.37. The van der Waals surface area contributed by atoms with Gasteiger partial charge in [0.2, 0.25) is 0 Å². The van der Waals surface area contributed by atoms with Crippen LogP contribution in [0.15, 0.2) is 41.3 Å². The highest BCUT2D eigenvalue weighted by molar-refractivity contribution is 7.19. The number of ether oxygens (including phenoxy) is 1. The van der Waals surface area contributed by atoms with E-state index in [4.69, 9.17) is 4.74 Å². The van der Waals surface area contributed by atoms with E-state index < -0.39 is 0 Å². The first-order chi connectivity index (χ1) is 13.3. The predicted molar refractivity (Wildman–Crippen MR) is 115 cm³/mol. The highest BCUT2D eigenvalue weighted by atomic mass is 32.1. The number of rotatable bonds is 6. The molecule has 0 saturated carbocycles. The van der Waals surface area contributed by atoms with Crippen LogP contribution in [0, 0.1) is 12.8 Å². The number of carbonyl (C=O) groups is 1. The van der Waals surface area contributed by atoms with Crippen molar-refractivity contribution in [1.29, 1.82) is 0 Å². The number of methoxy groups -OCH3 is 1. The van der Waals surface area contributed by atoms with Crippen LogP contribution in [0.1, 0.15) is 47.6 Å². The molecule has 3 aromatic rings. The molecular weight excluding hydrogens is 372 g/mol. The highest BCUT2D eigenvalue weighted by Gasteiger charge is 2.22. The average molecular weight is 399 g/mol. The van der Waals surface area contributed by atoms with Gasteiger partial charge < -0.3 is 14.6 Å². The first-order valence-electron chi connectivity index (χ1n) is 9.39. The van der Waals surface area contributed by atoms with Crippen LogP contribution in [-0.4, -0.2) is 17.6 Å². The zero-order valence-corrected chi connectivity index (χ0v) is 17.7. The Balaban J connectivity index is 1.94. The quantitative estimate of drug-likeness (QED) is 0.664.